The van der Waals surface area contributed by atoms with Crippen molar-refractivity contribution in [3.63, 3.8) is 0 Å². The van der Waals surface area contributed by atoms with Gasteiger partial charge in [0.05, 0.1) is 6.04 Å². The number of rotatable bonds is 14. The molecule has 12 heteroatoms. The average molecular weight is 490 g/mol. The molecule has 0 bridgehead atoms. The molecule has 0 unspecified atom stereocenters. The Kier molecular flexibility index (Phi) is 11.5. The molecular weight excluding hydrogens is 454 g/mol. The Hall–Kier alpha value is -3.67. The fraction of sp³-hybridized carbons (Fsp3) is 0.522. The van der Waals surface area contributed by atoms with Crippen LogP contribution in [0.1, 0.15) is 44.1 Å². The Labute approximate surface area is 204 Å². The number of guanidine groups is 1. The summed E-state index contributed by atoms with van der Waals surface area (Å²) in [6.45, 7) is 0.984. The standard InChI is InChI=1S/C23H35N7O5/c24-17(9-4-5-13-27-15-28-29-23(25)26)20(31)30-14-6-10-18(30)22(34)35-19(21(32)33)12-11-16-7-2-1-3-8-16/h1-3,7-8,15,17-19H,4-6,9-14,24H2,(H,27,28)(H,32,33)(H4,25,26,29)/t17-,18-,19-/m0/s1. The topological polar surface area (TPSA) is 196 Å². The van der Waals surface area contributed by atoms with Crippen LogP contribution in [0.4, 0.5) is 0 Å². The zero-order valence-corrected chi connectivity index (χ0v) is 19.7. The molecule has 1 fully saturated rings. The van der Waals surface area contributed by atoms with E-state index in [1.807, 2.05) is 30.3 Å². The SMILES string of the molecule is N=C(N)NN=CNCCCC[C@H](N)C(=O)N1CCC[C@H]1C(=O)O[C@@H](CCc1ccccc1)C(=O)O. The van der Waals surface area contributed by atoms with Gasteiger partial charge in [-0.3, -0.25) is 10.2 Å². The van der Waals surface area contributed by atoms with Gasteiger partial charge in [0, 0.05) is 13.1 Å². The number of carbonyl (C=O) groups excluding carboxylic acids is 2. The van der Waals surface area contributed by atoms with Crippen LogP contribution in [0.25, 0.3) is 0 Å². The normalized spacial score (nSPS) is 17.1. The van der Waals surface area contributed by atoms with Gasteiger partial charge in [-0.15, -0.1) is 0 Å². The zero-order chi connectivity index (χ0) is 25.6. The van der Waals surface area contributed by atoms with Gasteiger partial charge in [0.1, 0.15) is 12.4 Å². The molecule has 1 aliphatic heterocycles. The monoisotopic (exact) mass is 489 g/mol. The number of nitrogens with two attached hydrogens (primary N) is 2. The second kappa shape index (κ2) is 14.6. The molecule has 1 aliphatic rings. The van der Waals surface area contributed by atoms with Gasteiger partial charge in [-0.25, -0.2) is 15.0 Å². The van der Waals surface area contributed by atoms with E-state index >= 15 is 0 Å². The van der Waals surface area contributed by atoms with E-state index in [1.54, 1.807) is 0 Å². The molecule has 0 radical (unpaired) electrons. The number of ether oxygens (including phenoxy) is 1. The van der Waals surface area contributed by atoms with E-state index < -0.39 is 30.1 Å². The van der Waals surface area contributed by atoms with Crippen molar-refractivity contribution in [2.45, 2.75) is 63.1 Å². The third-order valence-electron chi connectivity index (χ3n) is 5.62. The van der Waals surface area contributed by atoms with Gasteiger partial charge in [0.2, 0.25) is 11.9 Å². The largest absolute Gasteiger partial charge is 0.479 e. The van der Waals surface area contributed by atoms with Crippen LogP contribution in [0.3, 0.4) is 0 Å². The maximum Gasteiger partial charge on any atom is 0.345 e. The third-order valence-corrected chi connectivity index (χ3v) is 5.62. The van der Waals surface area contributed by atoms with E-state index in [4.69, 9.17) is 21.6 Å². The van der Waals surface area contributed by atoms with Crippen molar-refractivity contribution in [1.82, 2.24) is 15.6 Å². The summed E-state index contributed by atoms with van der Waals surface area (Å²) in [5.41, 5.74) is 14.4. The molecule has 35 heavy (non-hydrogen) atoms. The Bertz CT molecular complexity index is 880. The lowest BCUT2D eigenvalue weighted by atomic mass is 10.1. The Morgan fingerprint density at radius 2 is 2.00 bits per heavy atom. The number of hydrogen-bond donors (Lipinski definition) is 6. The lowest BCUT2D eigenvalue weighted by Gasteiger charge is -2.27. The fourth-order valence-electron chi connectivity index (χ4n) is 3.81. The molecule has 12 nitrogen and oxygen atoms in total. The minimum atomic E-state index is -1.28. The molecule has 0 aliphatic carbocycles. The Morgan fingerprint density at radius 3 is 2.69 bits per heavy atom. The lowest BCUT2D eigenvalue weighted by molar-refractivity contribution is -0.168. The second-order valence-electron chi connectivity index (χ2n) is 8.32. The highest BCUT2D eigenvalue weighted by Gasteiger charge is 2.38. The predicted molar refractivity (Wildman–Crippen MR) is 130 cm³/mol. The van der Waals surface area contributed by atoms with Gasteiger partial charge in [0.15, 0.2) is 6.10 Å². The number of benzene rings is 1. The highest BCUT2D eigenvalue weighted by Crippen LogP contribution is 2.21. The summed E-state index contributed by atoms with van der Waals surface area (Å²) >= 11 is 0. The van der Waals surface area contributed by atoms with Gasteiger partial charge < -0.3 is 31.5 Å². The first kappa shape index (κ1) is 27.6. The molecule has 1 amide bonds. The molecule has 1 saturated heterocycles. The molecule has 8 N–H and O–H groups in total. The molecule has 0 spiro atoms. The van der Waals surface area contributed by atoms with E-state index in [0.717, 1.165) is 12.0 Å². The van der Waals surface area contributed by atoms with Gasteiger partial charge >= 0.3 is 11.9 Å². The molecule has 1 aromatic rings. The summed E-state index contributed by atoms with van der Waals surface area (Å²) in [6, 6.07) is 7.78. The first-order chi connectivity index (χ1) is 16.8. The Morgan fingerprint density at radius 1 is 1.26 bits per heavy atom. The highest BCUT2D eigenvalue weighted by atomic mass is 16.6. The number of carbonyl (C=O) groups is 3. The number of aliphatic carboxylic acids is 1. The van der Waals surface area contributed by atoms with Crippen molar-refractivity contribution < 1.29 is 24.2 Å². The van der Waals surface area contributed by atoms with Crippen LogP contribution >= 0.6 is 0 Å². The summed E-state index contributed by atoms with van der Waals surface area (Å²) < 4.78 is 5.32. The van der Waals surface area contributed by atoms with Gasteiger partial charge in [-0.2, -0.15) is 5.10 Å². The number of nitrogens with zero attached hydrogens (tertiary/aromatic N) is 2. The van der Waals surface area contributed by atoms with Crippen LogP contribution in [0.2, 0.25) is 0 Å². The maximum absolute atomic E-state index is 12.9. The van der Waals surface area contributed by atoms with Crippen molar-refractivity contribution >= 4 is 30.1 Å². The number of hydrogen-bond acceptors (Lipinski definition) is 7. The minimum absolute atomic E-state index is 0.148. The maximum atomic E-state index is 12.9. The molecule has 0 aromatic heterocycles. The summed E-state index contributed by atoms with van der Waals surface area (Å²) in [5.74, 6) is -2.51. The summed E-state index contributed by atoms with van der Waals surface area (Å²) in [7, 11) is 0. The fourth-order valence-corrected chi connectivity index (χ4v) is 3.81. The number of likely N-dealkylation sites (tertiary alicyclic amines) is 1. The van der Waals surface area contributed by atoms with Gasteiger partial charge in [0.25, 0.3) is 0 Å². The van der Waals surface area contributed by atoms with Crippen molar-refractivity contribution in [2.24, 2.45) is 16.6 Å². The number of aryl methyl sites for hydroxylation is 1. The zero-order valence-electron chi connectivity index (χ0n) is 19.7. The molecule has 0 saturated carbocycles. The molecule has 1 heterocycles. The first-order valence-electron chi connectivity index (χ1n) is 11.7. The van der Waals surface area contributed by atoms with Crippen molar-refractivity contribution in [1.29, 1.82) is 5.41 Å². The number of esters is 1. The Balaban J connectivity index is 1.79. The summed E-state index contributed by atoms with van der Waals surface area (Å²) in [5, 5.41) is 23.1. The van der Waals surface area contributed by atoms with Crippen LogP contribution in [0.5, 0.6) is 0 Å². The second-order valence-corrected chi connectivity index (χ2v) is 8.32. The van der Waals surface area contributed by atoms with E-state index in [0.29, 0.717) is 45.2 Å². The molecular formula is C23H35N7O5. The van der Waals surface area contributed by atoms with Crippen LogP contribution < -0.4 is 22.2 Å². The van der Waals surface area contributed by atoms with Crippen LogP contribution in [-0.4, -0.2) is 71.4 Å². The number of hydrazone groups is 1. The van der Waals surface area contributed by atoms with Crippen molar-refractivity contribution in [3.8, 4) is 0 Å². The van der Waals surface area contributed by atoms with E-state index in [-0.39, 0.29) is 18.3 Å². The smallest absolute Gasteiger partial charge is 0.345 e. The third kappa shape index (κ3) is 9.61. The van der Waals surface area contributed by atoms with Crippen molar-refractivity contribution in [3.05, 3.63) is 35.9 Å². The molecule has 192 valence electrons. The molecule has 2 rings (SSSR count). The number of unbranched alkanes of at least 4 members (excludes halogenated alkanes) is 1. The first-order valence-corrected chi connectivity index (χ1v) is 11.7. The summed E-state index contributed by atoms with van der Waals surface area (Å²) in [6.07, 6.45) is 3.60. The van der Waals surface area contributed by atoms with E-state index in [2.05, 4.69) is 15.8 Å². The average Bonchev–Trinajstić information content (AvgIpc) is 3.33. The quantitative estimate of drug-likeness (QED) is 0.0691. The lowest BCUT2D eigenvalue weighted by Crippen LogP contribution is -2.49. The van der Waals surface area contributed by atoms with Crippen LogP contribution in [-0.2, 0) is 25.5 Å². The number of carboxylic acids is 1. The van der Waals surface area contributed by atoms with Crippen LogP contribution in [0, 0.1) is 5.41 Å². The number of nitrogens with one attached hydrogen (secondary N) is 3. The van der Waals surface area contributed by atoms with E-state index in [1.165, 1.54) is 11.2 Å². The number of carboxylic acid groups (broad SMARTS) is 1. The van der Waals surface area contributed by atoms with Gasteiger partial charge in [-0.05, 0) is 50.5 Å². The highest BCUT2D eigenvalue weighted by molar-refractivity contribution is 5.89. The number of amides is 1. The predicted octanol–water partition coefficient (Wildman–Crippen LogP) is 0.120. The molecule has 3 atom stereocenters. The minimum Gasteiger partial charge on any atom is -0.479 e. The summed E-state index contributed by atoms with van der Waals surface area (Å²) in [4.78, 5) is 38.7. The molecule has 1 aromatic carbocycles. The van der Waals surface area contributed by atoms with E-state index in [9.17, 15) is 19.5 Å². The van der Waals surface area contributed by atoms with Crippen molar-refractivity contribution in [2.75, 3.05) is 13.1 Å². The van der Waals surface area contributed by atoms with Gasteiger partial charge in [-0.1, -0.05) is 30.3 Å². The van der Waals surface area contributed by atoms with Crippen LogP contribution in [0.15, 0.2) is 35.4 Å².